The number of nitrogens with zero attached hydrogens (tertiary/aromatic N) is 6. The Labute approximate surface area is 139 Å². The van der Waals surface area contributed by atoms with E-state index in [9.17, 15) is 9.59 Å². The normalized spacial score (nSPS) is 11.5. The number of rotatable bonds is 4. The molecule has 0 amide bonds. The lowest BCUT2D eigenvalue weighted by molar-refractivity contribution is 0.589. The Morgan fingerprint density at radius 2 is 1.83 bits per heavy atom. The van der Waals surface area contributed by atoms with Crippen LogP contribution in [0.1, 0.15) is 31.7 Å². The number of aromatic nitrogens is 6. The predicted octanol–water partition coefficient (Wildman–Crippen LogP) is 1.13. The topological polar surface area (TPSA) is 79.6 Å². The van der Waals surface area contributed by atoms with Crippen molar-refractivity contribution in [2.75, 3.05) is 0 Å². The summed E-state index contributed by atoms with van der Waals surface area (Å²) in [6.07, 6.45) is 0.714. The van der Waals surface area contributed by atoms with E-state index < -0.39 is 0 Å². The van der Waals surface area contributed by atoms with Crippen molar-refractivity contribution in [2.24, 2.45) is 7.05 Å². The zero-order valence-corrected chi connectivity index (χ0v) is 14.7. The van der Waals surface area contributed by atoms with Gasteiger partial charge in [0, 0.05) is 25.8 Å². The van der Waals surface area contributed by atoms with Gasteiger partial charge in [0.25, 0.3) is 5.56 Å². The lowest BCUT2D eigenvalue weighted by Gasteiger charge is -2.09. The Kier molecular flexibility index (Phi) is 3.90. The molecule has 0 spiro atoms. The van der Waals surface area contributed by atoms with Gasteiger partial charge in [-0.1, -0.05) is 6.92 Å². The minimum Gasteiger partial charge on any atom is -0.303 e. The molecule has 0 N–H and O–H groups in total. The summed E-state index contributed by atoms with van der Waals surface area (Å²) in [5.74, 6) is 0.555. The summed E-state index contributed by atoms with van der Waals surface area (Å²) < 4.78 is 6.25. The van der Waals surface area contributed by atoms with Gasteiger partial charge in [0.1, 0.15) is 0 Å². The van der Waals surface area contributed by atoms with Crippen LogP contribution in [0.15, 0.2) is 15.7 Å². The average Bonchev–Trinajstić information content (AvgIpc) is 3.08. The van der Waals surface area contributed by atoms with Gasteiger partial charge in [-0.05, 0) is 33.3 Å². The van der Waals surface area contributed by atoms with E-state index in [1.165, 1.54) is 9.13 Å². The molecule has 8 nitrogen and oxygen atoms in total. The molecule has 128 valence electrons. The molecule has 3 heterocycles. The van der Waals surface area contributed by atoms with Gasteiger partial charge < -0.3 is 4.57 Å². The second-order valence-corrected chi connectivity index (χ2v) is 5.97. The molecule has 0 saturated carbocycles. The van der Waals surface area contributed by atoms with E-state index in [2.05, 4.69) is 10.1 Å². The standard InChI is InChI=1S/C16H22N6O2/c1-6-8-21-14(23)12-13(19(5)16(21)24)17-15(20(12)7-2)22-11(4)9-10(3)18-22/h9H,6-8H2,1-5H3. The smallest absolute Gasteiger partial charge is 0.303 e. The van der Waals surface area contributed by atoms with Crippen LogP contribution in [0.4, 0.5) is 0 Å². The van der Waals surface area contributed by atoms with Crippen LogP contribution < -0.4 is 11.2 Å². The third-order valence-electron chi connectivity index (χ3n) is 4.17. The summed E-state index contributed by atoms with van der Waals surface area (Å²) in [5.41, 5.74) is 2.00. The number of hydrogen-bond donors (Lipinski definition) is 0. The van der Waals surface area contributed by atoms with E-state index in [1.807, 2.05) is 38.3 Å². The van der Waals surface area contributed by atoms with Crippen LogP contribution in [0, 0.1) is 13.8 Å². The minimum absolute atomic E-state index is 0.294. The maximum absolute atomic E-state index is 12.9. The highest BCUT2D eigenvalue weighted by molar-refractivity contribution is 5.72. The molecule has 0 radical (unpaired) electrons. The van der Waals surface area contributed by atoms with Crippen molar-refractivity contribution >= 4 is 11.2 Å². The van der Waals surface area contributed by atoms with E-state index in [1.54, 1.807) is 11.7 Å². The van der Waals surface area contributed by atoms with Crippen LogP contribution in [0.25, 0.3) is 17.1 Å². The Morgan fingerprint density at radius 1 is 1.12 bits per heavy atom. The molecule has 0 unspecified atom stereocenters. The molecule has 0 fully saturated rings. The highest BCUT2D eigenvalue weighted by Crippen LogP contribution is 2.17. The summed E-state index contributed by atoms with van der Waals surface area (Å²) >= 11 is 0. The first kappa shape index (κ1) is 16.2. The molecule has 0 aliphatic carbocycles. The van der Waals surface area contributed by atoms with E-state index in [4.69, 9.17) is 0 Å². The van der Waals surface area contributed by atoms with Crippen molar-refractivity contribution in [3.63, 3.8) is 0 Å². The third kappa shape index (κ3) is 2.21. The second-order valence-electron chi connectivity index (χ2n) is 5.97. The number of aryl methyl sites for hydroxylation is 4. The van der Waals surface area contributed by atoms with Crippen molar-refractivity contribution in [3.8, 4) is 5.95 Å². The van der Waals surface area contributed by atoms with Crippen LogP contribution in [-0.2, 0) is 20.1 Å². The van der Waals surface area contributed by atoms with Crippen LogP contribution >= 0.6 is 0 Å². The van der Waals surface area contributed by atoms with Crippen LogP contribution in [-0.4, -0.2) is 28.5 Å². The largest absolute Gasteiger partial charge is 0.332 e. The molecule has 3 rings (SSSR count). The van der Waals surface area contributed by atoms with Gasteiger partial charge in [0.05, 0.1) is 5.69 Å². The van der Waals surface area contributed by atoms with E-state index in [0.717, 1.165) is 11.4 Å². The molecule has 3 aromatic rings. The van der Waals surface area contributed by atoms with Gasteiger partial charge in [0.2, 0.25) is 5.95 Å². The molecule has 0 bridgehead atoms. The molecule has 8 heteroatoms. The first-order chi connectivity index (χ1) is 11.4. The maximum Gasteiger partial charge on any atom is 0.332 e. The van der Waals surface area contributed by atoms with Crippen molar-refractivity contribution < 1.29 is 0 Å². The maximum atomic E-state index is 12.9. The van der Waals surface area contributed by atoms with Gasteiger partial charge in [-0.25, -0.2) is 9.48 Å². The van der Waals surface area contributed by atoms with Crippen LogP contribution in [0.2, 0.25) is 0 Å². The molecular weight excluding hydrogens is 308 g/mol. The number of imidazole rings is 1. The van der Waals surface area contributed by atoms with Gasteiger partial charge in [-0.3, -0.25) is 13.9 Å². The first-order valence-electron chi connectivity index (χ1n) is 8.14. The van der Waals surface area contributed by atoms with Gasteiger partial charge in [0.15, 0.2) is 11.2 Å². The SMILES string of the molecule is CCCn1c(=O)c2c(nc(-n3nc(C)cc3C)n2CC)n(C)c1=O. The Bertz CT molecular complexity index is 1030. The fourth-order valence-electron chi connectivity index (χ4n) is 3.07. The van der Waals surface area contributed by atoms with Crippen molar-refractivity contribution in [2.45, 2.75) is 47.2 Å². The Morgan fingerprint density at radius 3 is 2.38 bits per heavy atom. The lowest BCUT2D eigenvalue weighted by atomic mass is 10.4. The second kappa shape index (κ2) is 5.77. The highest BCUT2D eigenvalue weighted by atomic mass is 16.2. The minimum atomic E-state index is -0.338. The van der Waals surface area contributed by atoms with Crippen LogP contribution in [0.3, 0.4) is 0 Å². The molecule has 0 aliphatic heterocycles. The number of fused-ring (bicyclic) bond motifs is 1. The summed E-state index contributed by atoms with van der Waals surface area (Å²) in [6, 6.07) is 1.95. The summed E-state index contributed by atoms with van der Waals surface area (Å²) in [4.78, 5) is 29.9. The monoisotopic (exact) mass is 330 g/mol. The predicted molar refractivity (Wildman–Crippen MR) is 91.8 cm³/mol. The zero-order chi connectivity index (χ0) is 17.6. The van der Waals surface area contributed by atoms with E-state index in [-0.39, 0.29) is 11.2 Å². The van der Waals surface area contributed by atoms with E-state index >= 15 is 0 Å². The Balaban J connectivity index is 2.45. The first-order valence-corrected chi connectivity index (χ1v) is 8.14. The zero-order valence-electron chi connectivity index (χ0n) is 14.7. The molecule has 3 aromatic heterocycles. The Hall–Kier alpha value is -2.64. The summed E-state index contributed by atoms with van der Waals surface area (Å²) in [6.45, 7) is 8.69. The quantitative estimate of drug-likeness (QED) is 0.718. The fraction of sp³-hybridized carbons (Fsp3) is 0.500. The lowest BCUT2D eigenvalue weighted by Crippen LogP contribution is -2.39. The van der Waals surface area contributed by atoms with Crippen molar-refractivity contribution in [1.29, 1.82) is 0 Å². The van der Waals surface area contributed by atoms with Crippen molar-refractivity contribution in [3.05, 3.63) is 38.3 Å². The molecular formula is C16H22N6O2. The van der Waals surface area contributed by atoms with Gasteiger partial charge in [-0.15, -0.1) is 0 Å². The van der Waals surface area contributed by atoms with Crippen molar-refractivity contribution in [1.82, 2.24) is 28.5 Å². The third-order valence-corrected chi connectivity index (χ3v) is 4.17. The van der Waals surface area contributed by atoms with Crippen LogP contribution in [0.5, 0.6) is 0 Å². The molecule has 0 aromatic carbocycles. The molecule has 24 heavy (non-hydrogen) atoms. The van der Waals surface area contributed by atoms with Gasteiger partial charge in [-0.2, -0.15) is 10.1 Å². The highest BCUT2D eigenvalue weighted by Gasteiger charge is 2.21. The van der Waals surface area contributed by atoms with Gasteiger partial charge >= 0.3 is 5.69 Å². The fourth-order valence-corrected chi connectivity index (χ4v) is 3.07. The summed E-state index contributed by atoms with van der Waals surface area (Å²) in [5, 5.41) is 4.46. The molecule has 0 aliphatic rings. The average molecular weight is 330 g/mol. The van der Waals surface area contributed by atoms with E-state index in [0.29, 0.717) is 36.6 Å². The summed E-state index contributed by atoms with van der Waals surface area (Å²) in [7, 11) is 1.65. The number of hydrogen-bond acceptors (Lipinski definition) is 4. The molecule has 0 atom stereocenters. The molecule has 0 saturated heterocycles.